The van der Waals surface area contributed by atoms with Gasteiger partial charge in [-0.1, -0.05) is 48.6 Å². The van der Waals surface area contributed by atoms with E-state index < -0.39 is 18.5 Å². The zero-order valence-corrected chi connectivity index (χ0v) is 18.1. The van der Waals surface area contributed by atoms with Gasteiger partial charge in [0.15, 0.2) is 6.61 Å². The molecule has 2 aliphatic carbocycles. The van der Waals surface area contributed by atoms with Crippen molar-refractivity contribution in [3.63, 3.8) is 0 Å². The van der Waals surface area contributed by atoms with Gasteiger partial charge in [-0.3, -0.25) is 14.4 Å². The SMILES string of the molecule is C[C@H](NC(=O)COC(=O)c1cccc(N2C(=O)[C@H]3[C@H](C2=O)[C@H]2C=C[C@H]3C2)c1)c1ccccc1. The number of benzene rings is 2. The van der Waals surface area contributed by atoms with E-state index in [1.165, 1.54) is 17.0 Å². The number of nitrogens with one attached hydrogen (secondary N) is 1. The van der Waals surface area contributed by atoms with Gasteiger partial charge in [0.2, 0.25) is 11.8 Å². The van der Waals surface area contributed by atoms with E-state index in [9.17, 15) is 19.2 Å². The zero-order valence-electron chi connectivity index (χ0n) is 18.1. The molecule has 7 heteroatoms. The molecule has 2 bridgehead atoms. The summed E-state index contributed by atoms with van der Waals surface area (Å²) in [5.41, 5.74) is 1.48. The first-order valence-electron chi connectivity index (χ1n) is 11.1. The maximum Gasteiger partial charge on any atom is 0.338 e. The third kappa shape index (κ3) is 3.73. The highest BCUT2D eigenvalue weighted by molar-refractivity contribution is 6.23. The van der Waals surface area contributed by atoms with Crippen LogP contribution in [0.15, 0.2) is 66.7 Å². The first kappa shape index (κ1) is 21.1. The molecule has 0 spiro atoms. The smallest absolute Gasteiger partial charge is 0.338 e. The molecule has 1 saturated carbocycles. The van der Waals surface area contributed by atoms with E-state index in [2.05, 4.69) is 5.32 Å². The van der Waals surface area contributed by atoms with Gasteiger partial charge in [0.25, 0.3) is 5.91 Å². The second-order valence-corrected chi connectivity index (χ2v) is 8.84. The number of hydrogen-bond acceptors (Lipinski definition) is 5. The average molecular weight is 444 g/mol. The summed E-state index contributed by atoms with van der Waals surface area (Å²) in [4.78, 5) is 52.0. The van der Waals surface area contributed by atoms with E-state index in [-0.39, 0.29) is 47.1 Å². The molecule has 0 unspecified atom stereocenters. The van der Waals surface area contributed by atoms with Crippen LogP contribution in [0.5, 0.6) is 0 Å². The van der Waals surface area contributed by atoms with Gasteiger partial charge in [-0.25, -0.2) is 9.69 Å². The van der Waals surface area contributed by atoms with E-state index in [1.807, 2.05) is 49.4 Å². The molecule has 2 aromatic rings. The van der Waals surface area contributed by atoms with Gasteiger partial charge >= 0.3 is 5.97 Å². The summed E-state index contributed by atoms with van der Waals surface area (Å²) >= 11 is 0. The first-order valence-corrected chi connectivity index (χ1v) is 11.1. The molecule has 7 nitrogen and oxygen atoms in total. The fraction of sp³-hybridized carbons (Fsp3) is 0.308. The molecule has 3 aliphatic rings. The molecule has 0 radical (unpaired) electrons. The number of fused-ring (bicyclic) bond motifs is 5. The second kappa shape index (κ2) is 8.31. The van der Waals surface area contributed by atoms with Crippen molar-refractivity contribution in [1.29, 1.82) is 0 Å². The van der Waals surface area contributed by atoms with Gasteiger partial charge in [-0.05, 0) is 48.9 Å². The van der Waals surface area contributed by atoms with Crippen LogP contribution in [0.3, 0.4) is 0 Å². The molecule has 1 N–H and O–H groups in total. The average Bonchev–Trinajstić information content (AvgIpc) is 3.51. The Bertz CT molecular complexity index is 1130. The van der Waals surface area contributed by atoms with Crippen LogP contribution in [0.2, 0.25) is 0 Å². The minimum absolute atomic E-state index is 0.117. The van der Waals surface area contributed by atoms with E-state index in [1.54, 1.807) is 12.1 Å². The summed E-state index contributed by atoms with van der Waals surface area (Å²) in [5.74, 6) is -1.91. The minimum Gasteiger partial charge on any atom is -0.452 e. The van der Waals surface area contributed by atoms with E-state index >= 15 is 0 Å². The number of esters is 1. The van der Waals surface area contributed by atoms with Crippen molar-refractivity contribution >= 4 is 29.4 Å². The summed E-state index contributed by atoms with van der Waals surface area (Å²) < 4.78 is 5.17. The molecular weight excluding hydrogens is 420 g/mol. The van der Waals surface area contributed by atoms with Gasteiger partial charge < -0.3 is 10.1 Å². The number of hydrogen-bond donors (Lipinski definition) is 1. The topological polar surface area (TPSA) is 92.8 Å². The molecule has 1 saturated heterocycles. The maximum atomic E-state index is 13.0. The van der Waals surface area contributed by atoms with E-state index in [0.29, 0.717) is 5.69 Å². The van der Waals surface area contributed by atoms with Crippen LogP contribution in [-0.4, -0.2) is 30.3 Å². The van der Waals surface area contributed by atoms with Crippen LogP contribution in [-0.2, 0) is 19.1 Å². The number of ether oxygens (including phenoxy) is 1. The summed E-state index contributed by atoms with van der Waals surface area (Å²) in [6, 6.07) is 15.5. The van der Waals surface area contributed by atoms with Crippen molar-refractivity contribution in [2.45, 2.75) is 19.4 Å². The fourth-order valence-corrected chi connectivity index (χ4v) is 5.25. The summed E-state index contributed by atoms with van der Waals surface area (Å²) in [5, 5.41) is 2.79. The number of carbonyl (C=O) groups excluding carboxylic acids is 4. The highest BCUT2D eigenvalue weighted by Gasteiger charge is 2.59. The Morgan fingerprint density at radius 2 is 1.67 bits per heavy atom. The van der Waals surface area contributed by atoms with Crippen molar-refractivity contribution < 1.29 is 23.9 Å². The lowest BCUT2D eigenvalue weighted by molar-refractivity contribution is -0.125. The largest absolute Gasteiger partial charge is 0.452 e. The molecule has 1 heterocycles. The van der Waals surface area contributed by atoms with Crippen LogP contribution < -0.4 is 10.2 Å². The second-order valence-electron chi connectivity index (χ2n) is 8.84. The first-order chi connectivity index (χ1) is 15.9. The third-order valence-corrected chi connectivity index (χ3v) is 6.82. The van der Waals surface area contributed by atoms with Crippen molar-refractivity contribution in [3.05, 3.63) is 77.9 Å². The molecular formula is C26H24N2O5. The number of rotatable bonds is 6. The van der Waals surface area contributed by atoms with Gasteiger partial charge in [0.1, 0.15) is 0 Å². The van der Waals surface area contributed by atoms with Crippen molar-refractivity contribution in [3.8, 4) is 0 Å². The lowest BCUT2D eigenvalue weighted by Gasteiger charge is -2.18. The number of anilines is 1. The van der Waals surface area contributed by atoms with Crippen LogP contribution >= 0.6 is 0 Å². The molecule has 33 heavy (non-hydrogen) atoms. The molecule has 5 atom stereocenters. The summed E-state index contributed by atoms with van der Waals surface area (Å²) in [7, 11) is 0. The minimum atomic E-state index is -0.694. The molecule has 1 aliphatic heterocycles. The Morgan fingerprint density at radius 3 is 2.33 bits per heavy atom. The fourth-order valence-electron chi connectivity index (χ4n) is 5.25. The zero-order chi connectivity index (χ0) is 23.1. The third-order valence-electron chi connectivity index (χ3n) is 6.82. The Hall–Kier alpha value is -3.74. The molecule has 5 rings (SSSR count). The van der Waals surface area contributed by atoms with Gasteiger partial charge in [-0.15, -0.1) is 0 Å². The number of nitrogens with zero attached hydrogens (tertiary/aromatic N) is 1. The lowest BCUT2D eigenvalue weighted by Crippen LogP contribution is -2.33. The van der Waals surface area contributed by atoms with Crippen molar-refractivity contribution in [2.24, 2.45) is 23.7 Å². The van der Waals surface area contributed by atoms with Gasteiger partial charge in [0.05, 0.1) is 29.1 Å². The molecule has 2 aromatic carbocycles. The summed E-state index contributed by atoms with van der Waals surface area (Å²) in [6.45, 7) is 1.42. The van der Waals surface area contributed by atoms with Crippen LogP contribution in [0.4, 0.5) is 5.69 Å². The maximum absolute atomic E-state index is 13.0. The van der Waals surface area contributed by atoms with Crippen LogP contribution in [0.1, 0.15) is 35.3 Å². The number of imide groups is 1. The molecule has 0 aromatic heterocycles. The van der Waals surface area contributed by atoms with Gasteiger partial charge in [-0.2, -0.15) is 0 Å². The standard InChI is InChI=1S/C26H24N2O5/c1-15(16-6-3-2-4-7-16)27-21(29)14-33-26(32)19-8-5-9-20(13-19)28-24(30)22-17-10-11-18(12-17)23(22)25(28)31/h2-11,13,15,17-18,22-23H,12,14H2,1H3,(H,27,29)/t15-,17-,18-,22+,23+/m0/s1. The highest BCUT2D eigenvalue weighted by atomic mass is 16.5. The molecule has 2 fully saturated rings. The number of amides is 3. The Labute approximate surface area is 191 Å². The Balaban J connectivity index is 1.22. The van der Waals surface area contributed by atoms with Crippen LogP contribution in [0.25, 0.3) is 0 Å². The quantitative estimate of drug-likeness (QED) is 0.420. The number of carbonyl (C=O) groups is 4. The van der Waals surface area contributed by atoms with E-state index in [4.69, 9.17) is 4.74 Å². The molecule has 3 amide bonds. The lowest BCUT2D eigenvalue weighted by atomic mass is 9.85. The summed E-state index contributed by atoms with van der Waals surface area (Å²) in [6.07, 6.45) is 4.94. The van der Waals surface area contributed by atoms with Crippen molar-refractivity contribution in [2.75, 3.05) is 11.5 Å². The predicted octanol–water partition coefficient (Wildman–Crippen LogP) is 3.03. The normalized spacial score (nSPS) is 25.8. The highest BCUT2D eigenvalue weighted by Crippen LogP contribution is 2.53. The van der Waals surface area contributed by atoms with Gasteiger partial charge in [0, 0.05) is 0 Å². The van der Waals surface area contributed by atoms with E-state index in [0.717, 1.165) is 12.0 Å². The monoisotopic (exact) mass is 444 g/mol. The van der Waals surface area contributed by atoms with Crippen LogP contribution in [0, 0.1) is 23.7 Å². The van der Waals surface area contributed by atoms with Crippen molar-refractivity contribution in [1.82, 2.24) is 5.32 Å². The Morgan fingerprint density at radius 1 is 1.00 bits per heavy atom. The predicted molar refractivity (Wildman–Crippen MR) is 120 cm³/mol. The Kier molecular flexibility index (Phi) is 5.32. The molecule has 168 valence electrons. The number of allylic oxidation sites excluding steroid dienone is 2.